The molecule has 3 rings (SSSR count). The zero-order valence-corrected chi connectivity index (χ0v) is 18.0. The van der Waals surface area contributed by atoms with E-state index in [-0.39, 0.29) is 42.1 Å². The molecule has 0 radical (unpaired) electrons. The van der Waals surface area contributed by atoms with Crippen molar-refractivity contribution in [2.45, 2.75) is 13.0 Å². The zero-order chi connectivity index (χ0) is 22.9. The van der Waals surface area contributed by atoms with Gasteiger partial charge in [0, 0.05) is 24.7 Å². The van der Waals surface area contributed by atoms with Gasteiger partial charge in [0.2, 0.25) is 11.8 Å². The van der Waals surface area contributed by atoms with E-state index in [4.69, 9.17) is 4.74 Å². The SMILES string of the molecule is COCC(=O)Nc1cccc(CNC(=O)Cc2csc(NC(=O)c3ccccc3F)n2)c1. The molecule has 0 fully saturated rings. The second-order valence-corrected chi connectivity index (χ2v) is 7.57. The normalized spacial score (nSPS) is 10.4. The molecule has 32 heavy (non-hydrogen) atoms. The highest BCUT2D eigenvalue weighted by Gasteiger charge is 2.14. The summed E-state index contributed by atoms with van der Waals surface area (Å²) in [5, 5.41) is 9.96. The van der Waals surface area contributed by atoms with Gasteiger partial charge in [0.1, 0.15) is 12.4 Å². The Hall–Kier alpha value is -3.63. The molecule has 0 aliphatic rings. The van der Waals surface area contributed by atoms with Crippen LogP contribution in [0.5, 0.6) is 0 Å². The molecule has 0 atom stereocenters. The first-order valence-corrected chi connectivity index (χ1v) is 10.5. The van der Waals surface area contributed by atoms with Crippen molar-refractivity contribution in [1.82, 2.24) is 10.3 Å². The van der Waals surface area contributed by atoms with Crippen LogP contribution in [-0.4, -0.2) is 36.4 Å². The van der Waals surface area contributed by atoms with Gasteiger partial charge in [-0.15, -0.1) is 11.3 Å². The monoisotopic (exact) mass is 456 g/mol. The first-order valence-electron chi connectivity index (χ1n) is 9.59. The van der Waals surface area contributed by atoms with E-state index in [2.05, 4.69) is 20.9 Å². The summed E-state index contributed by atoms with van der Waals surface area (Å²) < 4.78 is 18.5. The predicted octanol–water partition coefficient (Wildman–Crippen LogP) is 2.98. The Morgan fingerprint density at radius 1 is 1.06 bits per heavy atom. The third-order valence-corrected chi connectivity index (χ3v) is 5.01. The minimum atomic E-state index is -0.622. The molecule has 0 aliphatic heterocycles. The van der Waals surface area contributed by atoms with Gasteiger partial charge >= 0.3 is 0 Å². The Morgan fingerprint density at radius 2 is 1.88 bits per heavy atom. The third-order valence-electron chi connectivity index (χ3n) is 4.21. The smallest absolute Gasteiger partial charge is 0.260 e. The Kier molecular flexibility index (Phi) is 8.01. The Bertz CT molecular complexity index is 1120. The van der Waals surface area contributed by atoms with E-state index in [1.807, 2.05) is 6.07 Å². The number of ether oxygens (including phenoxy) is 1. The first-order chi connectivity index (χ1) is 15.4. The molecule has 0 saturated carbocycles. The van der Waals surface area contributed by atoms with Crippen molar-refractivity contribution >= 4 is 39.9 Å². The summed E-state index contributed by atoms with van der Waals surface area (Å²) in [4.78, 5) is 40.2. The molecule has 3 N–H and O–H groups in total. The molecule has 0 spiro atoms. The van der Waals surface area contributed by atoms with Gasteiger partial charge in [-0.05, 0) is 29.8 Å². The van der Waals surface area contributed by atoms with Crippen molar-refractivity contribution in [1.29, 1.82) is 0 Å². The van der Waals surface area contributed by atoms with Gasteiger partial charge in [-0.3, -0.25) is 19.7 Å². The van der Waals surface area contributed by atoms with Crippen molar-refractivity contribution in [3.63, 3.8) is 0 Å². The first kappa shape index (κ1) is 23.0. The average molecular weight is 456 g/mol. The highest BCUT2D eigenvalue weighted by molar-refractivity contribution is 7.14. The molecule has 0 aliphatic carbocycles. The summed E-state index contributed by atoms with van der Waals surface area (Å²) in [7, 11) is 1.44. The number of halogens is 1. The van der Waals surface area contributed by atoms with Crippen molar-refractivity contribution in [3.8, 4) is 0 Å². The minimum absolute atomic E-state index is 0.0241. The van der Waals surface area contributed by atoms with Crippen LogP contribution in [0.3, 0.4) is 0 Å². The van der Waals surface area contributed by atoms with Crippen LogP contribution >= 0.6 is 11.3 Å². The second kappa shape index (κ2) is 11.1. The topological polar surface area (TPSA) is 109 Å². The fraction of sp³-hybridized carbons (Fsp3) is 0.182. The number of benzene rings is 2. The summed E-state index contributed by atoms with van der Waals surface area (Å²) in [6, 6.07) is 12.7. The number of aromatic nitrogens is 1. The molecular weight excluding hydrogens is 435 g/mol. The number of carbonyl (C=O) groups excluding carboxylic acids is 3. The Morgan fingerprint density at radius 3 is 2.66 bits per heavy atom. The third kappa shape index (κ3) is 6.69. The van der Waals surface area contributed by atoms with E-state index in [1.54, 1.807) is 29.6 Å². The molecule has 0 saturated heterocycles. The van der Waals surface area contributed by atoms with E-state index >= 15 is 0 Å². The van der Waals surface area contributed by atoms with Crippen LogP contribution in [-0.2, 0) is 27.3 Å². The van der Waals surface area contributed by atoms with Crippen molar-refractivity contribution in [2.75, 3.05) is 24.4 Å². The number of methoxy groups -OCH3 is 1. The van der Waals surface area contributed by atoms with Gasteiger partial charge < -0.3 is 15.4 Å². The second-order valence-electron chi connectivity index (χ2n) is 6.71. The van der Waals surface area contributed by atoms with Crippen LogP contribution in [0.4, 0.5) is 15.2 Å². The van der Waals surface area contributed by atoms with Gasteiger partial charge in [-0.2, -0.15) is 0 Å². The van der Waals surface area contributed by atoms with Crippen LogP contribution in [0.25, 0.3) is 0 Å². The number of nitrogens with one attached hydrogen (secondary N) is 3. The van der Waals surface area contributed by atoms with Crippen LogP contribution in [0, 0.1) is 5.82 Å². The van der Waals surface area contributed by atoms with Gasteiger partial charge in [-0.25, -0.2) is 9.37 Å². The molecule has 1 heterocycles. The zero-order valence-electron chi connectivity index (χ0n) is 17.2. The lowest BCUT2D eigenvalue weighted by Gasteiger charge is -2.08. The molecule has 0 bridgehead atoms. The maximum atomic E-state index is 13.7. The molecule has 2 aromatic carbocycles. The number of thiazole rings is 1. The maximum Gasteiger partial charge on any atom is 0.260 e. The highest BCUT2D eigenvalue weighted by atomic mass is 32.1. The average Bonchev–Trinajstić information content (AvgIpc) is 3.19. The quantitative estimate of drug-likeness (QED) is 0.459. The molecule has 166 valence electrons. The molecule has 3 amide bonds. The Labute approximate surface area is 187 Å². The van der Waals surface area contributed by atoms with Crippen LogP contribution in [0.1, 0.15) is 21.6 Å². The number of rotatable bonds is 9. The standard InChI is InChI=1S/C22H21FN4O4S/c1-31-12-20(29)25-15-6-4-5-14(9-15)11-24-19(28)10-16-13-32-22(26-16)27-21(30)17-7-2-3-8-18(17)23/h2-9,13H,10-12H2,1H3,(H,24,28)(H,25,29)(H,26,27,30). The molecule has 0 unspecified atom stereocenters. The molecular formula is C22H21FN4O4S. The number of amides is 3. The number of hydrogen-bond donors (Lipinski definition) is 3. The van der Waals surface area contributed by atoms with E-state index < -0.39 is 11.7 Å². The summed E-state index contributed by atoms with van der Waals surface area (Å²) in [5.41, 5.74) is 1.82. The van der Waals surface area contributed by atoms with E-state index in [9.17, 15) is 18.8 Å². The van der Waals surface area contributed by atoms with Crippen LogP contribution in [0.15, 0.2) is 53.9 Å². The lowest BCUT2D eigenvalue weighted by molar-refractivity contribution is -0.121. The lowest BCUT2D eigenvalue weighted by Crippen LogP contribution is -2.25. The van der Waals surface area contributed by atoms with Gasteiger partial charge in [0.25, 0.3) is 5.91 Å². The minimum Gasteiger partial charge on any atom is -0.375 e. The largest absolute Gasteiger partial charge is 0.375 e. The summed E-state index contributed by atoms with van der Waals surface area (Å²) in [6.07, 6.45) is 0.0241. The maximum absolute atomic E-state index is 13.7. The van der Waals surface area contributed by atoms with E-state index in [0.29, 0.717) is 11.4 Å². The summed E-state index contributed by atoms with van der Waals surface area (Å²) >= 11 is 1.15. The predicted molar refractivity (Wildman–Crippen MR) is 119 cm³/mol. The molecule has 3 aromatic rings. The van der Waals surface area contributed by atoms with E-state index in [1.165, 1.54) is 25.3 Å². The summed E-state index contributed by atoms with van der Waals surface area (Å²) in [5.74, 6) is -1.75. The van der Waals surface area contributed by atoms with Gasteiger partial charge in [0.15, 0.2) is 5.13 Å². The number of anilines is 2. The van der Waals surface area contributed by atoms with E-state index in [0.717, 1.165) is 16.9 Å². The Balaban J connectivity index is 1.50. The van der Waals surface area contributed by atoms with Gasteiger partial charge in [0.05, 0.1) is 17.7 Å². The van der Waals surface area contributed by atoms with Crippen molar-refractivity contribution in [2.24, 2.45) is 0 Å². The number of carbonyl (C=O) groups is 3. The van der Waals surface area contributed by atoms with Crippen molar-refractivity contribution < 1.29 is 23.5 Å². The summed E-state index contributed by atoms with van der Waals surface area (Å²) in [6.45, 7) is 0.227. The highest BCUT2D eigenvalue weighted by Crippen LogP contribution is 2.18. The molecule has 8 nitrogen and oxygen atoms in total. The van der Waals surface area contributed by atoms with Crippen molar-refractivity contribution in [3.05, 3.63) is 76.5 Å². The van der Waals surface area contributed by atoms with Crippen LogP contribution < -0.4 is 16.0 Å². The molecule has 10 heteroatoms. The fourth-order valence-corrected chi connectivity index (χ4v) is 3.48. The number of hydrogen-bond acceptors (Lipinski definition) is 6. The van der Waals surface area contributed by atoms with Gasteiger partial charge in [-0.1, -0.05) is 24.3 Å². The molecule has 1 aromatic heterocycles. The fourth-order valence-electron chi connectivity index (χ4n) is 2.77. The van der Waals surface area contributed by atoms with Crippen LogP contribution in [0.2, 0.25) is 0 Å². The lowest BCUT2D eigenvalue weighted by atomic mass is 10.2. The number of nitrogens with zero attached hydrogens (tertiary/aromatic N) is 1.